The van der Waals surface area contributed by atoms with Gasteiger partial charge in [0.2, 0.25) is 0 Å². The van der Waals surface area contributed by atoms with Crippen molar-refractivity contribution in [1.29, 1.82) is 0 Å². The fourth-order valence-electron chi connectivity index (χ4n) is 0.882. The van der Waals surface area contributed by atoms with Gasteiger partial charge in [0, 0.05) is 5.75 Å². The molecule has 1 rings (SSSR count). The fourth-order valence-corrected chi connectivity index (χ4v) is 0.974. The normalized spacial score (nSPS) is 9.62. The number of benzene rings is 1. The Morgan fingerprint density at radius 3 is 2.92 bits per heavy atom. The van der Waals surface area contributed by atoms with Crippen molar-refractivity contribution in [3.05, 3.63) is 29.8 Å². The lowest BCUT2D eigenvalue weighted by molar-refractivity contribution is 0.0696. The van der Waals surface area contributed by atoms with Gasteiger partial charge in [-0.15, -0.1) is 0 Å². The fraction of sp³-hybridized carbons (Fsp3) is 0.222. The molecule has 13 heavy (non-hydrogen) atoms. The molecular formula is C9H10O3S. The summed E-state index contributed by atoms with van der Waals surface area (Å²) in [6.45, 7) is 0.478. The molecule has 0 spiro atoms. The van der Waals surface area contributed by atoms with E-state index >= 15 is 0 Å². The summed E-state index contributed by atoms with van der Waals surface area (Å²) in [6.07, 6.45) is 0. The molecule has 1 N–H and O–H groups in total. The second kappa shape index (κ2) is 4.77. The quantitative estimate of drug-likeness (QED) is 0.724. The summed E-state index contributed by atoms with van der Waals surface area (Å²) in [5, 5.41) is 8.66. The van der Waals surface area contributed by atoms with E-state index in [0.717, 1.165) is 0 Å². The second-order valence-electron chi connectivity index (χ2n) is 2.41. The average molecular weight is 198 g/mol. The molecule has 4 heteroatoms. The van der Waals surface area contributed by atoms with Crippen LogP contribution in [-0.4, -0.2) is 23.4 Å². The molecule has 0 fully saturated rings. The maximum Gasteiger partial charge on any atom is 0.335 e. The topological polar surface area (TPSA) is 46.5 Å². The number of hydrogen-bond acceptors (Lipinski definition) is 3. The van der Waals surface area contributed by atoms with E-state index in [1.165, 1.54) is 12.1 Å². The second-order valence-corrected chi connectivity index (χ2v) is 2.85. The van der Waals surface area contributed by atoms with Crippen LogP contribution < -0.4 is 4.74 Å². The number of hydrogen-bond donors (Lipinski definition) is 2. The average Bonchev–Trinajstić information content (AvgIpc) is 2.15. The third-order valence-corrected chi connectivity index (χ3v) is 1.62. The summed E-state index contributed by atoms with van der Waals surface area (Å²) in [4.78, 5) is 10.6. The predicted molar refractivity (Wildman–Crippen MR) is 52.7 cm³/mol. The van der Waals surface area contributed by atoms with E-state index in [9.17, 15) is 4.79 Å². The number of carboxylic acids is 1. The smallest absolute Gasteiger partial charge is 0.335 e. The van der Waals surface area contributed by atoms with E-state index in [0.29, 0.717) is 18.1 Å². The Bertz CT molecular complexity index is 299. The summed E-state index contributed by atoms with van der Waals surface area (Å²) in [6, 6.07) is 6.38. The summed E-state index contributed by atoms with van der Waals surface area (Å²) in [5.74, 6) is 0.224. The first-order valence-electron chi connectivity index (χ1n) is 3.81. The SMILES string of the molecule is O=C(O)c1cccc(OCCS)c1. The standard InChI is InChI=1S/C9H10O3S/c10-9(11)7-2-1-3-8(6-7)12-4-5-13/h1-3,6,13H,4-5H2,(H,10,11). The number of carboxylic acid groups (broad SMARTS) is 1. The van der Waals surface area contributed by atoms with Gasteiger partial charge in [-0.3, -0.25) is 0 Å². The predicted octanol–water partition coefficient (Wildman–Crippen LogP) is 1.69. The first-order valence-corrected chi connectivity index (χ1v) is 4.44. The molecule has 0 saturated heterocycles. The Morgan fingerprint density at radius 2 is 2.31 bits per heavy atom. The minimum Gasteiger partial charge on any atom is -0.493 e. The highest BCUT2D eigenvalue weighted by molar-refractivity contribution is 7.80. The van der Waals surface area contributed by atoms with E-state index in [2.05, 4.69) is 12.6 Å². The van der Waals surface area contributed by atoms with E-state index in [4.69, 9.17) is 9.84 Å². The number of carbonyl (C=O) groups is 1. The van der Waals surface area contributed by atoms with Gasteiger partial charge in [0.1, 0.15) is 5.75 Å². The van der Waals surface area contributed by atoms with Crippen molar-refractivity contribution in [2.24, 2.45) is 0 Å². The minimum absolute atomic E-state index is 0.233. The highest BCUT2D eigenvalue weighted by Crippen LogP contribution is 2.12. The molecule has 0 unspecified atom stereocenters. The highest BCUT2D eigenvalue weighted by atomic mass is 32.1. The van der Waals surface area contributed by atoms with Crippen LogP contribution in [0.5, 0.6) is 5.75 Å². The number of rotatable bonds is 4. The van der Waals surface area contributed by atoms with Crippen LogP contribution in [0.1, 0.15) is 10.4 Å². The van der Waals surface area contributed by atoms with Crippen LogP contribution in [0.15, 0.2) is 24.3 Å². The van der Waals surface area contributed by atoms with Gasteiger partial charge in [0.15, 0.2) is 0 Å². The lowest BCUT2D eigenvalue weighted by Crippen LogP contribution is -2.00. The molecule has 0 saturated carbocycles. The van der Waals surface area contributed by atoms with Gasteiger partial charge in [0.25, 0.3) is 0 Å². The Labute approximate surface area is 81.8 Å². The number of thiol groups is 1. The van der Waals surface area contributed by atoms with Crippen molar-refractivity contribution in [1.82, 2.24) is 0 Å². The molecular weight excluding hydrogens is 188 g/mol. The van der Waals surface area contributed by atoms with E-state index in [1.807, 2.05) is 0 Å². The van der Waals surface area contributed by atoms with Crippen LogP contribution in [0.2, 0.25) is 0 Å². The zero-order chi connectivity index (χ0) is 9.68. The molecule has 0 bridgehead atoms. The Hall–Kier alpha value is -1.16. The highest BCUT2D eigenvalue weighted by Gasteiger charge is 2.02. The van der Waals surface area contributed by atoms with Crippen LogP contribution in [-0.2, 0) is 0 Å². The molecule has 0 aliphatic heterocycles. The molecule has 0 heterocycles. The zero-order valence-corrected chi connectivity index (χ0v) is 7.83. The number of ether oxygens (including phenoxy) is 1. The minimum atomic E-state index is -0.948. The van der Waals surface area contributed by atoms with E-state index in [1.54, 1.807) is 12.1 Å². The van der Waals surface area contributed by atoms with Crippen LogP contribution in [0, 0.1) is 0 Å². The van der Waals surface area contributed by atoms with Gasteiger partial charge < -0.3 is 9.84 Å². The summed E-state index contributed by atoms with van der Waals surface area (Å²) in [5.41, 5.74) is 0.233. The molecule has 0 amide bonds. The Morgan fingerprint density at radius 1 is 1.54 bits per heavy atom. The molecule has 0 atom stereocenters. The maximum atomic E-state index is 10.6. The molecule has 1 aromatic carbocycles. The first-order chi connectivity index (χ1) is 6.24. The zero-order valence-electron chi connectivity index (χ0n) is 6.93. The van der Waals surface area contributed by atoms with Crippen molar-refractivity contribution >= 4 is 18.6 Å². The molecule has 0 aromatic heterocycles. The van der Waals surface area contributed by atoms with Crippen LogP contribution in [0.4, 0.5) is 0 Å². The molecule has 1 aromatic rings. The monoisotopic (exact) mass is 198 g/mol. The molecule has 0 radical (unpaired) electrons. The lowest BCUT2D eigenvalue weighted by atomic mass is 10.2. The molecule has 3 nitrogen and oxygen atoms in total. The molecule has 0 aliphatic rings. The third kappa shape index (κ3) is 2.99. The van der Waals surface area contributed by atoms with E-state index in [-0.39, 0.29) is 5.56 Å². The van der Waals surface area contributed by atoms with Crippen LogP contribution in [0.25, 0.3) is 0 Å². The summed E-state index contributed by atoms with van der Waals surface area (Å²) in [7, 11) is 0. The van der Waals surface area contributed by atoms with Crippen LogP contribution >= 0.6 is 12.6 Å². The molecule has 70 valence electrons. The summed E-state index contributed by atoms with van der Waals surface area (Å²) >= 11 is 3.98. The van der Waals surface area contributed by atoms with Crippen LogP contribution in [0.3, 0.4) is 0 Å². The van der Waals surface area contributed by atoms with Gasteiger partial charge in [-0.2, -0.15) is 12.6 Å². The van der Waals surface area contributed by atoms with E-state index < -0.39 is 5.97 Å². The van der Waals surface area contributed by atoms with Crippen molar-refractivity contribution in [3.8, 4) is 5.75 Å². The largest absolute Gasteiger partial charge is 0.493 e. The van der Waals surface area contributed by atoms with Gasteiger partial charge >= 0.3 is 5.97 Å². The summed E-state index contributed by atoms with van der Waals surface area (Å²) < 4.78 is 5.21. The Kier molecular flexibility index (Phi) is 3.64. The van der Waals surface area contributed by atoms with Gasteiger partial charge in [0.05, 0.1) is 12.2 Å². The first kappa shape index (κ1) is 9.92. The number of aromatic carboxylic acids is 1. The van der Waals surface area contributed by atoms with Crippen molar-refractivity contribution in [2.75, 3.05) is 12.4 Å². The van der Waals surface area contributed by atoms with Crippen molar-refractivity contribution < 1.29 is 14.6 Å². The maximum absolute atomic E-state index is 10.6. The van der Waals surface area contributed by atoms with Gasteiger partial charge in [-0.25, -0.2) is 4.79 Å². The van der Waals surface area contributed by atoms with Crippen molar-refractivity contribution in [3.63, 3.8) is 0 Å². The third-order valence-electron chi connectivity index (χ3n) is 1.44. The lowest BCUT2D eigenvalue weighted by Gasteiger charge is -2.03. The molecule has 0 aliphatic carbocycles. The van der Waals surface area contributed by atoms with Crippen molar-refractivity contribution in [2.45, 2.75) is 0 Å². The van der Waals surface area contributed by atoms with Gasteiger partial charge in [-0.1, -0.05) is 6.07 Å². The van der Waals surface area contributed by atoms with Gasteiger partial charge in [-0.05, 0) is 18.2 Å². The Balaban J connectivity index is 2.73.